The van der Waals surface area contributed by atoms with Crippen LogP contribution in [0.5, 0.6) is 0 Å². The van der Waals surface area contributed by atoms with Gasteiger partial charge in [0.1, 0.15) is 0 Å². The molecule has 68 valence electrons. The lowest BCUT2D eigenvalue weighted by molar-refractivity contribution is 0.452. The van der Waals surface area contributed by atoms with E-state index in [-0.39, 0.29) is 5.50 Å². The molecule has 0 aliphatic carbocycles. The van der Waals surface area contributed by atoms with Crippen molar-refractivity contribution in [1.29, 1.82) is 0 Å². The number of hydrogen-bond donors (Lipinski definition) is 2. The van der Waals surface area contributed by atoms with E-state index in [4.69, 9.17) is 11.6 Å². The van der Waals surface area contributed by atoms with Gasteiger partial charge in [-0.05, 0) is 20.5 Å². The Labute approximate surface area is 74.7 Å². The Hall–Kier alpha value is 0.210. The van der Waals surface area contributed by atoms with Crippen molar-refractivity contribution in [3.05, 3.63) is 0 Å². The molecule has 0 aromatic carbocycles. The molecular weight excluding hydrogens is 160 g/mol. The molecule has 0 aliphatic heterocycles. The van der Waals surface area contributed by atoms with E-state index >= 15 is 0 Å². The normalized spacial score (nSPS) is 16.4. The Morgan fingerprint density at radius 3 is 2.27 bits per heavy atom. The number of halogens is 1. The van der Waals surface area contributed by atoms with Crippen molar-refractivity contribution in [3.63, 3.8) is 0 Å². The summed E-state index contributed by atoms with van der Waals surface area (Å²) in [5.41, 5.74) is 0.0477. The number of alkyl halides is 1. The number of likely N-dealkylation sites (N-methyl/N-ethyl adjacent to an activating group) is 2. The van der Waals surface area contributed by atoms with Crippen molar-refractivity contribution in [1.82, 2.24) is 10.6 Å². The number of nitrogens with one attached hydrogen (secondary N) is 2. The van der Waals surface area contributed by atoms with Gasteiger partial charge in [0.15, 0.2) is 0 Å². The first-order valence-electron chi connectivity index (χ1n) is 4.24. The molecule has 0 aromatic heterocycles. The number of unbranched alkanes of at least 4 members (excludes halogenated alkanes) is 1. The minimum atomic E-state index is 0.0477. The van der Waals surface area contributed by atoms with Crippen LogP contribution in [-0.4, -0.2) is 25.6 Å². The van der Waals surface area contributed by atoms with Crippen LogP contribution in [-0.2, 0) is 0 Å². The van der Waals surface area contributed by atoms with E-state index in [1.807, 2.05) is 14.1 Å². The lowest BCUT2D eigenvalue weighted by atomic mass is 10.1. The van der Waals surface area contributed by atoms with Gasteiger partial charge in [0.2, 0.25) is 0 Å². The summed E-state index contributed by atoms with van der Waals surface area (Å²) >= 11 is 5.99. The molecule has 0 aliphatic rings. The summed E-state index contributed by atoms with van der Waals surface area (Å²) in [6.07, 6.45) is 3.60. The summed E-state index contributed by atoms with van der Waals surface area (Å²) in [6.45, 7) is 2.19. The van der Waals surface area contributed by atoms with E-state index in [2.05, 4.69) is 17.6 Å². The second kappa shape index (κ2) is 6.89. The Bertz CT molecular complexity index is 88.2. The Kier molecular flexibility index (Phi) is 7.02. The Balaban J connectivity index is 3.56. The third-order valence-corrected chi connectivity index (χ3v) is 2.39. The van der Waals surface area contributed by atoms with Gasteiger partial charge in [-0.3, -0.25) is 0 Å². The fraction of sp³-hybridized carbons (Fsp3) is 1.00. The van der Waals surface area contributed by atoms with Crippen LogP contribution in [0.3, 0.4) is 0 Å². The molecule has 2 atom stereocenters. The van der Waals surface area contributed by atoms with Crippen molar-refractivity contribution in [2.24, 2.45) is 0 Å². The van der Waals surface area contributed by atoms with Crippen molar-refractivity contribution in [2.75, 3.05) is 14.1 Å². The Morgan fingerprint density at radius 1 is 1.27 bits per heavy atom. The molecule has 0 bridgehead atoms. The highest BCUT2D eigenvalue weighted by atomic mass is 35.5. The predicted octanol–water partition coefficient (Wildman–Crippen LogP) is 1.55. The average Bonchev–Trinajstić information content (AvgIpc) is 2.05. The maximum atomic E-state index is 5.99. The molecular formula is C8H19ClN2. The highest BCUT2D eigenvalue weighted by Crippen LogP contribution is 2.06. The summed E-state index contributed by atoms with van der Waals surface area (Å²) < 4.78 is 0. The summed E-state index contributed by atoms with van der Waals surface area (Å²) in [4.78, 5) is 0. The first-order valence-corrected chi connectivity index (χ1v) is 4.68. The van der Waals surface area contributed by atoms with Crippen LogP contribution in [0, 0.1) is 0 Å². The first-order chi connectivity index (χ1) is 5.26. The molecule has 0 fully saturated rings. The van der Waals surface area contributed by atoms with Gasteiger partial charge < -0.3 is 10.6 Å². The predicted molar refractivity (Wildman–Crippen MR) is 51.1 cm³/mol. The maximum Gasteiger partial charge on any atom is 0.0978 e. The van der Waals surface area contributed by atoms with Gasteiger partial charge in [0, 0.05) is 6.04 Å². The maximum absolute atomic E-state index is 5.99. The smallest absolute Gasteiger partial charge is 0.0978 e. The molecule has 0 heterocycles. The Morgan fingerprint density at radius 2 is 1.91 bits per heavy atom. The molecule has 0 unspecified atom stereocenters. The zero-order valence-corrected chi connectivity index (χ0v) is 8.41. The highest BCUT2D eigenvalue weighted by Gasteiger charge is 2.13. The van der Waals surface area contributed by atoms with Crippen LogP contribution < -0.4 is 10.6 Å². The second-order valence-corrected chi connectivity index (χ2v) is 3.20. The van der Waals surface area contributed by atoms with Crippen LogP contribution in [0.4, 0.5) is 0 Å². The fourth-order valence-electron chi connectivity index (χ4n) is 1.06. The number of hydrogen-bond acceptors (Lipinski definition) is 2. The topological polar surface area (TPSA) is 24.1 Å². The van der Waals surface area contributed by atoms with E-state index in [0.717, 1.165) is 6.42 Å². The van der Waals surface area contributed by atoms with Gasteiger partial charge in [-0.15, -0.1) is 11.6 Å². The molecule has 2 nitrogen and oxygen atoms in total. The van der Waals surface area contributed by atoms with Crippen molar-refractivity contribution < 1.29 is 0 Å². The monoisotopic (exact) mass is 178 g/mol. The lowest BCUT2D eigenvalue weighted by Crippen LogP contribution is -2.41. The third-order valence-electron chi connectivity index (χ3n) is 1.87. The van der Waals surface area contributed by atoms with Crippen molar-refractivity contribution in [3.8, 4) is 0 Å². The van der Waals surface area contributed by atoms with Crippen LogP contribution in [0.1, 0.15) is 26.2 Å². The summed E-state index contributed by atoms with van der Waals surface area (Å²) in [5.74, 6) is 0. The molecule has 0 radical (unpaired) electrons. The minimum absolute atomic E-state index is 0.0477. The molecule has 0 saturated carbocycles. The minimum Gasteiger partial charge on any atom is -0.314 e. The van der Waals surface area contributed by atoms with Gasteiger partial charge in [-0.2, -0.15) is 0 Å². The third kappa shape index (κ3) is 4.62. The fourth-order valence-corrected chi connectivity index (χ4v) is 1.31. The lowest BCUT2D eigenvalue weighted by Gasteiger charge is -2.20. The van der Waals surface area contributed by atoms with Gasteiger partial charge in [0.25, 0.3) is 0 Å². The first kappa shape index (κ1) is 11.2. The van der Waals surface area contributed by atoms with Gasteiger partial charge in [-0.25, -0.2) is 0 Å². The molecule has 0 spiro atoms. The molecule has 0 aromatic rings. The van der Waals surface area contributed by atoms with Crippen LogP contribution in [0.25, 0.3) is 0 Å². The summed E-state index contributed by atoms with van der Waals surface area (Å²) in [5, 5.41) is 6.22. The molecule has 3 heteroatoms. The van der Waals surface area contributed by atoms with Gasteiger partial charge >= 0.3 is 0 Å². The van der Waals surface area contributed by atoms with E-state index in [1.54, 1.807) is 0 Å². The van der Waals surface area contributed by atoms with Crippen LogP contribution in [0.2, 0.25) is 0 Å². The quantitative estimate of drug-likeness (QED) is 0.477. The number of rotatable bonds is 6. The average molecular weight is 179 g/mol. The van der Waals surface area contributed by atoms with E-state index < -0.39 is 0 Å². The molecule has 2 N–H and O–H groups in total. The SMILES string of the molecule is CCCC[C@@H](NC)[C@@H](Cl)NC. The van der Waals surface area contributed by atoms with Gasteiger partial charge in [-0.1, -0.05) is 19.8 Å². The molecule has 0 saturated heterocycles. The van der Waals surface area contributed by atoms with E-state index in [9.17, 15) is 0 Å². The van der Waals surface area contributed by atoms with Crippen molar-refractivity contribution >= 4 is 11.6 Å². The summed E-state index contributed by atoms with van der Waals surface area (Å²) in [6, 6.07) is 0.390. The molecule has 0 rings (SSSR count). The van der Waals surface area contributed by atoms with Crippen LogP contribution >= 0.6 is 11.6 Å². The van der Waals surface area contributed by atoms with Crippen molar-refractivity contribution in [2.45, 2.75) is 37.7 Å². The van der Waals surface area contributed by atoms with E-state index in [0.29, 0.717) is 6.04 Å². The van der Waals surface area contributed by atoms with Crippen LogP contribution in [0.15, 0.2) is 0 Å². The summed E-state index contributed by atoms with van der Waals surface area (Å²) in [7, 11) is 3.83. The zero-order valence-electron chi connectivity index (χ0n) is 7.65. The standard InChI is InChI=1S/C8H19ClN2/c1-4-5-6-7(10-2)8(9)11-3/h7-8,10-11H,4-6H2,1-3H3/t7-,8+/m1/s1. The largest absolute Gasteiger partial charge is 0.314 e. The van der Waals surface area contributed by atoms with E-state index in [1.165, 1.54) is 12.8 Å². The van der Waals surface area contributed by atoms with Gasteiger partial charge in [0.05, 0.1) is 5.50 Å². The second-order valence-electron chi connectivity index (χ2n) is 2.73. The molecule has 11 heavy (non-hydrogen) atoms. The molecule has 0 amide bonds. The highest BCUT2D eigenvalue weighted by molar-refractivity contribution is 6.20. The zero-order chi connectivity index (χ0) is 8.69.